The summed E-state index contributed by atoms with van der Waals surface area (Å²) in [4.78, 5) is 8.00. The van der Waals surface area contributed by atoms with Crippen molar-refractivity contribution in [2.24, 2.45) is 0 Å². The van der Waals surface area contributed by atoms with Gasteiger partial charge in [0.15, 0.2) is 0 Å². The maximum atomic E-state index is 9.10. The normalized spacial score (nSPS) is 12.6. The van der Waals surface area contributed by atoms with Crippen molar-refractivity contribution in [2.45, 2.75) is 32.6 Å². The van der Waals surface area contributed by atoms with Crippen LogP contribution in [0, 0.1) is 0 Å². The number of hydrogen-bond acceptors (Lipinski definition) is 3. The Hall–Kier alpha value is -1.35. The Bertz CT molecular complexity index is 299. The van der Waals surface area contributed by atoms with Gasteiger partial charge in [0.25, 0.3) is 0 Å². The first kappa shape index (κ1) is 15.7. The van der Waals surface area contributed by atoms with Crippen LogP contribution in [0.25, 0.3) is 0 Å². The van der Waals surface area contributed by atoms with E-state index >= 15 is 0 Å². The van der Waals surface area contributed by atoms with Gasteiger partial charge in [-0.05, 0) is 29.5 Å². The minimum atomic E-state index is 0.216. The molecule has 1 heterocycles. The fourth-order valence-corrected chi connectivity index (χ4v) is 1.12. The molecule has 0 saturated carbocycles. The van der Waals surface area contributed by atoms with E-state index in [1.807, 2.05) is 18.9 Å². The zero-order chi connectivity index (χ0) is 13.3. The smallest absolute Gasteiger partial charge is 0.115 e. The summed E-state index contributed by atoms with van der Waals surface area (Å²) in [6.07, 6.45) is 1.11. The molecule has 96 valence electrons. The Balaban J connectivity index is 0.000000429. The second-order valence-electron chi connectivity index (χ2n) is 4.40. The topological polar surface area (TPSA) is 49.8 Å². The Morgan fingerprint density at radius 2 is 1.65 bits per heavy atom. The number of carbonyl (C=O) groups is 1. The molecule has 0 bridgehead atoms. The van der Waals surface area contributed by atoms with Gasteiger partial charge in [0, 0.05) is 0 Å². The van der Waals surface area contributed by atoms with E-state index in [1.54, 1.807) is 12.1 Å². The fraction of sp³-hybridized carbons (Fsp3) is 0.500. The number of rotatable bonds is 2. The molecule has 3 nitrogen and oxygen atoms in total. The van der Waals surface area contributed by atoms with Crippen molar-refractivity contribution in [2.75, 3.05) is 13.2 Å². The summed E-state index contributed by atoms with van der Waals surface area (Å²) in [5.41, 5.74) is 1.50. The van der Waals surface area contributed by atoms with E-state index in [2.05, 4.69) is 25.5 Å². The summed E-state index contributed by atoms with van der Waals surface area (Å²) in [5, 5.41) is 9.10. The van der Waals surface area contributed by atoms with E-state index in [0.29, 0.717) is 5.75 Å². The number of phenols is 1. The summed E-state index contributed by atoms with van der Waals surface area (Å²) < 4.78 is 4.50. The van der Waals surface area contributed by atoms with Crippen LogP contribution in [0.4, 0.5) is 0 Å². The Kier molecular flexibility index (Phi) is 7.22. The van der Waals surface area contributed by atoms with Gasteiger partial charge in [-0.1, -0.05) is 32.9 Å². The van der Waals surface area contributed by atoms with E-state index in [4.69, 9.17) is 9.90 Å². The van der Waals surface area contributed by atoms with Gasteiger partial charge in [-0.2, -0.15) is 0 Å². The summed E-state index contributed by atoms with van der Waals surface area (Å²) in [6.45, 7) is 10.6. The van der Waals surface area contributed by atoms with Crippen LogP contribution in [0.3, 0.4) is 0 Å². The summed E-state index contributed by atoms with van der Waals surface area (Å²) in [5.74, 6) is 0.339. The molecule has 0 aliphatic carbocycles. The molecule has 3 heteroatoms. The first-order chi connectivity index (χ1) is 8.06. The van der Waals surface area contributed by atoms with Crippen LogP contribution in [0.15, 0.2) is 24.3 Å². The fourth-order valence-electron chi connectivity index (χ4n) is 1.12. The number of ether oxygens (including phenoxy) is 1. The van der Waals surface area contributed by atoms with E-state index in [0.717, 1.165) is 19.6 Å². The van der Waals surface area contributed by atoms with Crippen LogP contribution < -0.4 is 0 Å². The predicted octanol–water partition coefficient (Wildman–Crippen LogP) is 2.91. The van der Waals surface area contributed by atoms with E-state index < -0.39 is 0 Å². The molecule has 1 aliphatic heterocycles. The van der Waals surface area contributed by atoms with Crippen LogP contribution in [0.2, 0.25) is 0 Å². The van der Waals surface area contributed by atoms with Gasteiger partial charge < -0.3 is 14.6 Å². The highest BCUT2D eigenvalue weighted by molar-refractivity contribution is 5.30. The van der Waals surface area contributed by atoms with Gasteiger partial charge in [-0.15, -0.1) is 0 Å². The molecule has 1 aliphatic rings. The highest BCUT2D eigenvalue weighted by atomic mass is 16.6. The van der Waals surface area contributed by atoms with Gasteiger partial charge in [-0.3, -0.25) is 0 Å². The van der Waals surface area contributed by atoms with Crippen molar-refractivity contribution in [1.29, 1.82) is 0 Å². The Morgan fingerprint density at radius 1 is 1.24 bits per heavy atom. The highest BCUT2D eigenvalue weighted by Gasteiger charge is 2.17. The average molecular weight is 238 g/mol. The monoisotopic (exact) mass is 238 g/mol. The summed E-state index contributed by atoms with van der Waals surface area (Å²) in [7, 11) is 0. The number of epoxide rings is 1. The van der Waals surface area contributed by atoms with Gasteiger partial charge in [0.1, 0.15) is 12.5 Å². The Labute approximate surface area is 103 Å². The molecule has 1 aromatic carbocycles. The van der Waals surface area contributed by atoms with Crippen molar-refractivity contribution >= 4 is 6.79 Å². The lowest BCUT2D eigenvalue weighted by Gasteiger charge is -2.22. The minimum absolute atomic E-state index is 0.216. The second kappa shape index (κ2) is 7.85. The van der Waals surface area contributed by atoms with Gasteiger partial charge in [-0.25, -0.2) is 0 Å². The molecule has 17 heavy (non-hydrogen) atoms. The number of hydrogen-bond donors (Lipinski definition) is 1. The molecular formula is C14H22O3. The molecular weight excluding hydrogens is 216 g/mol. The van der Waals surface area contributed by atoms with Gasteiger partial charge in [0.2, 0.25) is 0 Å². The van der Waals surface area contributed by atoms with Gasteiger partial charge >= 0.3 is 0 Å². The van der Waals surface area contributed by atoms with Crippen LogP contribution >= 0.6 is 0 Å². The quantitative estimate of drug-likeness (QED) is 0.806. The number of aromatic hydroxyl groups is 1. The maximum absolute atomic E-state index is 9.10. The van der Waals surface area contributed by atoms with Crippen molar-refractivity contribution in [3.63, 3.8) is 0 Å². The third-order valence-electron chi connectivity index (χ3n) is 2.74. The van der Waals surface area contributed by atoms with Crippen LogP contribution in [0.1, 0.15) is 32.8 Å². The SMILES string of the molecule is C1CO1.C=O.CCC(C)(C)c1ccc(O)cc1. The standard InChI is InChI=1S/C11H16O.C2H4O.CH2O/c1-4-11(2,3)9-5-7-10(12)8-6-9;1-2-3-1;1-2/h5-8,12H,4H2,1-3H3;1-2H2;1H2. The molecule has 1 aromatic rings. The molecule has 0 radical (unpaired) electrons. The number of carbonyl (C=O) groups excluding carboxylic acids is 1. The third-order valence-corrected chi connectivity index (χ3v) is 2.74. The number of benzene rings is 1. The zero-order valence-electron chi connectivity index (χ0n) is 10.9. The summed E-state index contributed by atoms with van der Waals surface area (Å²) in [6, 6.07) is 7.46. The van der Waals surface area contributed by atoms with Crippen molar-refractivity contribution in [3.8, 4) is 5.75 Å². The average Bonchev–Trinajstić information content (AvgIpc) is 3.20. The Morgan fingerprint density at radius 3 is 1.94 bits per heavy atom. The van der Waals surface area contributed by atoms with Crippen molar-refractivity contribution < 1.29 is 14.6 Å². The molecule has 0 unspecified atom stereocenters. The van der Waals surface area contributed by atoms with Crippen LogP contribution in [-0.4, -0.2) is 25.1 Å². The third kappa shape index (κ3) is 6.74. The molecule has 0 spiro atoms. The van der Waals surface area contributed by atoms with E-state index in [-0.39, 0.29) is 5.41 Å². The molecule has 1 N–H and O–H groups in total. The van der Waals surface area contributed by atoms with Crippen LogP contribution in [0.5, 0.6) is 5.75 Å². The molecule has 1 saturated heterocycles. The zero-order valence-corrected chi connectivity index (χ0v) is 10.9. The van der Waals surface area contributed by atoms with Gasteiger partial charge in [0.05, 0.1) is 13.2 Å². The van der Waals surface area contributed by atoms with E-state index in [9.17, 15) is 0 Å². The summed E-state index contributed by atoms with van der Waals surface area (Å²) >= 11 is 0. The predicted molar refractivity (Wildman–Crippen MR) is 69.4 cm³/mol. The molecule has 1 fully saturated rings. The van der Waals surface area contributed by atoms with Crippen molar-refractivity contribution in [3.05, 3.63) is 29.8 Å². The molecule has 2 rings (SSSR count). The van der Waals surface area contributed by atoms with Crippen molar-refractivity contribution in [1.82, 2.24) is 0 Å². The molecule has 0 atom stereocenters. The first-order valence-corrected chi connectivity index (χ1v) is 5.72. The lowest BCUT2D eigenvalue weighted by molar-refractivity contribution is -0.0979. The first-order valence-electron chi connectivity index (χ1n) is 5.72. The lowest BCUT2D eigenvalue weighted by Crippen LogP contribution is -2.14. The minimum Gasteiger partial charge on any atom is -0.508 e. The maximum Gasteiger partial charge on any atom is 0.115 e. The largest absolute Gasteiger partial charge is 0.508 e. The lowest BCUT2D eigenvalue weighted by atomic mass is 9.82. The second-order valence-corrected chi connectivity index (χ2v) is 4.40. The molecule has 0 aromatic heterocycles. The number of phenolic OH excluding ortho intramolecular Hbond substituents is 1. The van der Waals surface area contributed by atoms with E-state index in [1.165, 1.54) is 5.56 Å². The highest BCUT2D eigenvalue weighted by Crippen LogP contribution is 2.27. The van der Waals surface area contributed by atoms with Crippen LogP contribution in [-0.2, 0) is 14.9 Å². The molecule has 0 amide bonds.